The number of hydrogen-bond acceptors (Lipinski definition) is 6. The third-order valence-corrected chi connectivity index (χ3v) is 2.75. The second kappa shape index (κ2) is 6.20. The van der Waals surface area contributed by atoms with Crippen molar-refractivity contribution in [3.05, 3.63) is 35.9 Å². The fourth-order valence-corrected chi connectivity index (χ4v) is 1.73. The number of nitrogens with one attached hydrogen (secondary N) is 1. The Balaban J connectivity index is 2.06. The summed E-state index contributed by atoms with van der Waals surface area (Å²) >= 11 is 0. The molecular formula is C13H13FN4O4. The van der Waals surface area contributed by atoms with Crippen LogP contribution in [0.25, 0.3) is 0 Å². The summed E-state index contributed by atoms with van der Waals surface area (Å²) in [5.74, 6) is -1.10. The largest absolute Gasteiger partial charge is 0.480 e. The van der Waals surface area contributed by atoms with Crippen LogP contribution in [0.1, 0.15) is 16.2 Å². The van der Waals surface area contributed by atoms with Gasteiger partial charge in [-0.05, 0) is 19.1 Å². The monoisotopic (exact) mass is 308 g/mol. The van der Waals surface area contributed by atoms with E-state index in [0.29, 0.717) is 11.5 Å². The van der Waals surface area contributed by atoms with Crippen molar-refractivity contribution >= 4 is 23.4 Å². The SMILES string of the molecule is Cc1oc(F)nc1C(=O)Nc1ccc(N(C)CC(=O)O)nc1. The second-order valence-corrected chi connectivity index (χ2v) is 4.48. The van der Waals surface area contributed by atoms with E-state index in [2.05, 4.69) is 19.7 Å². The summed E-state index contributed by atoms with van der Waals surface area (Å²) in [5, 5.41) is 11.2. The Labute approximate surface area is 124 Å². The summed E-state index contributed by atoms with van der Waals surface area (Å²) in [7, 11) is 1.58. The third-order valence-electron chi connectivity index (χ3n) is 2.75. The standard InChI is InChI=1S/C13H13FN4O4/c1-7-11(17-13(14)22-7)12(21)16-8-3-4-9(15-5-8)18(2)6-10(19)20/h3-5H,6H2,1-2H3,(H,16,21)(H,19,20). The van der Waals surface area contributed by atoms with Gasteiger partial charge in [0.15, 0.2) is 5.69 Å². The number of carboxylic acid groups (broad SMARTS) is 1. The molecule has 0 aliphatic rings. The number of carbonyl (C=O) groups excluding carboxylic acids is 1. The highest BCUT2D eigenvalue weighted by atomic mass is 19.1. The highest BCUT2D eigenvalue weighted by molar-refractivity contribution is 6.03. The number of rotatable bonds is 5. The zero-order valence-electron chi connectivity index (χ0n) is 11.8. The molecule has 0 bridgehead atoms. The molecule has 0 aromatic carbocycles. The minimum Gasteiger partial charge on any atom is -0.480 e. The van der Waals surface area contributed by atoms with Crippen molar-refractivity contribution in [1.29, 1.82) is 0 Å². The molecule has 0 aliphatic carbocycles. The molecule has 2 heterocycles. The first kappa shape index (κ1) is 15.4. The van der Waals surface area contributed by atoms with Crippen molar-refractivity contribution in [3.63, 3.8) is 0 Å². The molecule has 0 aliphatic heterocycles. The predicted octanol–water partition coefficient (Wildman–Crippen LogP) is 1.29. The van der Waals surface area contributed by atoms with Crippen molar-refractivity contribution < 1.29 is 23.5 Å². The van der Waals surface area contributed by atoms with Crippen LogP contribution in [-0.4, -0.2) is 40.5 Å². The Kier molecular flexibility index (Phi) is 4.35. The molecule has 0 fully saturated rings. The number of hydrogen-bond donors (Lipinski definition) is 2. The molecule has 1 amide bonds. The first-order valence-electron chi connectivity index (χ1n) is 6.20. The fraction of sp³-hybridized carbons (Fsp3) is 0.231. The van der Waals surface area contributed by atoms with E-state index in [9.17, 15) is 14.0 Å². The van der Waals surface area contributed by atoms with E-state index < -0.39 is 18.0 Å². The van der Waals surface area contributed by atoms with Crippen LogP contribution in [0.2, 0.25) is 0 Å². The number of nitrogens with zero attached hydrogens (tertiary/aromatic N) is 3. The average Bonchev–Trinajstić information content (AvgIpc) is 2.78. The molecule has 0 spiro atoms. The van der Waals surface area contributed by atoms with E-state index in [-0.39, 0.29) is 18.0 Å². The lowest BCUT2D eigenvalue weighted by molar-refractivity contribution is -0.135. The zero-order chi connectivity index (χ0) is 16.3. The average molecular weight is 308 g/mol. The van der Waals surface area contributed by atoms with Crippen molar-refractivity contribution in [2.45, 2.75) is 6.92 Å². The molecule has 2 rings (SSSR count). The Bertz CT molecular complexity index is 699. The van der Waals surface area contributed by atoms with Gasteiger partial charge in [-0.2, -0.15) is 4.98 Å². The maximum Gasteiger partial charge on any atom is 0.382 e. The molecular weight excluding hydrogens is 295 g/mol. The molecule has 0 unspecified atom stereocenters. The van der Waals surface area contributed by atoms with Crippen molar-refractivity contribution in [2.24, 2.45) is 0 Å². The molecule has 2 aromatic rings. The van der Waals surface area contributed by atoms with E-state index in [1.165, 1.54) is 18.0 Å². The van der Waals surface area contributed by atoms with Gasteiger partial charge in [-0.25, -0.2) is 4.98 Å². The van der Waals surface area contributed by atoms with Crippen LogP contribution in [0.4, 0.5) is 15.9 Å². The number of aromatic nitrogens is 2. The number of halogens is 1. The molecule has 2 aromatic heterocycles. The maximum absolute atomic E-state index is 12.8. The summed E-state index contributed by atoms with van der Waals surface area (Å²) in [4.78, 5) is 31.3. The number of oxazole rings is 1. The van der Waals surface area contributed by atoms with E-state index in [1.54, 1.807) is 19.2 Å². The minimum atomic E-state index is -1.08. The summed E-state index contributed by atoms with van der Waals surface area (Å²) in [6.07, 6.45) is 0.281. The van der Waals surface area contributed by atoms with Crippen LogP contribution in [-0.2, 0) is 4.79 Å². The van der Waals surface area contributed by atoms with Gasteiger partial charge in [0.25, 0.3) is 5.91 Å². The van der Waals surface area contributed by atoms with E-state index in [0.717, 1.165) is 0 Å². The van der Waals surface area contributed by atoms with Gasteiger partial charge in [-0.3, -0.25) is 9.59 Å². The topological polar surface area (TPSA) is 109 Å². The molecule has 2 N–H and O–H groups in total. The molecule has 22 heavy (non-hydrogen) atoms. The molecule has 0 atom stereocenters. The second-order valence-electron chi connectivity index (χ2n) is 4.48. The smallest absolute Gasteiger partial charge is 0.382 e. The summed E-state index contributed by atoms with van der Waals surface area (Å²) in [6.45, 7) is 1.23. The van der Waals surface area contributed by atoms with E-state index >= 15 is 0 Å². The van der Waals surface area contributed by atoms with Crippen LogP contribution in [0.5, 0.6) is 0 Å². The Hall–Kier alpha value is -2.97. The van der Waals surface area contributed by atoms with Crippen molar-refractivity contribution in [2.75, 3.05) is 23.8 Å². The first-order chi connectivity index (χ1) is 10.4. The van der Waals surface area contributed by atoms with Gasteiger partial charge in [-0.1, -0.05) is 0 Å². The van der Waals surface area contributed by atoms with Crippen molar-refractivity contribution in [3.8, 4) is 0 Å². The minimum absolute atomic E-state index is 0.0702. The number of carbonyl (C=O) groups is 2. The van der Waals surface area contributed by atoms with Gasteiger partial charge < -0.3 is 19.7 Å². The van der Waals surface area contributed by atoms with Crippen LogP contribution in [0, 0.1) is 13.1 Å². The molecule has 0 saturated carbocycles. The lowest BCUT2D eigenvalue weighted by Gasteiger charge is -2.15. The first-order valence-corrected chi connectivity index (χ1v) is 6.20. The van der Waals surface area contributed by atoms with Crippen LogP contribution in [0.3, 0.4) is 0 Å². The van der Waals surface area contributed by atoms with Gasteiger partial charge in [-0.15, -0.1) is 4.39 Å². The number of carboxylic acids is 1. The van der Waals surface area contributed by atoms with Gasteiger partial charge in [0.05, 0.1) is 11.9 Å². The van der Waals surface area contributed by atoms with Crippen molar-refractivity contribution in [1.82, 2.24) is 9.97 Å². The van der Waals surface area contributed by atoms with Gasteiger partial charge in [0, 0.05) is 7.05 Å². The van der Waals surface area contributed by atoms with Crippen LogP contribution >= 0.6 is 0 Å². The molecule has 0 radical (unpaired) electrons. The number of amides is 1. The van der Waals surface area contributed by atoms with E-state index in [1.807, 2.05) is 0 Å². The van der Waals surface area contributed by atoms with E-state index in [4.69, 9.17) is 5.11 Å². The normalized spacial score (nSPS) is 10.3. The number of aliphatic carboxylic acids is 1. The lowest BCUT2D eigenvalue weighted by Crippen LogP contribution is -2.25. The number of anilines is 2. The van der Waals surface area contributed by atoms with Gasteiger partial charge in [0.2, 0.25) is 0 Å². The number of aryl methyl sites for hydroxylation is 1. The Morgan fingerprint density at radius 3 is 2.68 bits per heavy atom. The maximum atomic E-state index is 12.8. The highest BCUT2D eigenvalue weighted by Gasteiger charge is 2.17. The molecule has 116 valence electrons. The highest BCUT2D eigenvalue weighted by Crippen LogP contribution is 2.15. The summed E-state index contributed by atoms with van der Waals surface area (Å²) in [5.41, 5.74) is 0.213. The molecule has 0 saturated heterocycles. The summed E-state index contributed by atoms with van der Waals surface area (Å²) in [6, 6.07) is 3.10. The number of likely N-dealkylation sites (N-methyl/N-ethyl adjacent to an activating group) is 1. The predicted molar refractivity (Wildman–Crippen MR) is 74.3 cm³/mol. The Morgan fingerprint density at radius 1 is 1.45 bits per heavy atom. The lowest BCUT2D eigenvalue weighted by atomic mass is 10.3. The molecule has 9 heteroatoms. The van der Waals surface area contributed by atoms with Crippen LogP contribution < -0.4 is 10.2 Å². The zero-order valence-corrected chi connectivity index (χ0v) is 11.8. The summed E-state index contributed by atoms with van der Waals surface area (Å²) < 4.78 is 17.4. The third kappa shape index (κ3) is 3.57. The van der Waals surface area contributed by atoms with Gasteiger partial charge in [0.1, 0.15) is 18.1 Å². The molecule has 8 nitrogen and oxygen atoms in total. The van der Waals surface area contributed by atoms with Gasteiger partial charge >= 0.3 is 12.1 Å². The Morgan fingerprint density at radius 2 is 2.18 bits per heavy atom. The number of pyridine rings is 1. The van der Waals surface area contributed by atoms with Crippen LogP contribution in [0.15, 0.2) is 22.7 Å². The fourth-order valence-electron chi connectivity index (χ4n) is 1.73. The quantitative estimate of drug-likeness (QED) is 0.856.